The lowest BCUT2D eigenvalue weighted by Gasteiger charge is -2.38. The molecule has 0 aliphatic rings. The van der Waals surface area contributed by atoms with Gasteiger partial charge in [0.05, 0.1) is 6.42 Å². The van der Waals surface area contributed by atoms with Crippen LogP contribution in [0.3, 0.4) is 0 Å². The van der Waals surface area contributed by atoms with E-state index in [1.165, 1.54) is 4.90 Å². The molecule has 0 saturated carbocycles. The van der Waals surface area contributed by atoms with Crippen molar-refractivity contribution in [1.29, 1.82) is 0 Å². The van der Waals surface area contributed by atoms with Gasteiger partial charge < -0.3 is 26.0 Å². The summed E-state index contributed by atoms with van der Waals surface area (Å²) >= 11 is 0. The van der Waals surface area contributed by atoms with E-state index in [4.69, 9.17) is 10.5 Å². The van der Waals surface area contributed by atoms with Gasteiger partial charge in [-0.2, -0.15) is 0 Å². The second-order valence-corrected chi connectivity index (χ2v) is 10.9. The van der Waals surface area contributed by atoms with Crippen molar-refractivity contribution in [1.82, 2.24) is 15.5 Å². The molecule has 0 aromatic heterocycles. The molecule has 0 saturated heterocycles. The molecule has 0 fully saturated rings. The molecule has 4 atom stereocenters. The van der Waals surface area contributed by atoms with E-state index in [0.29, 0.717) is 12.0 Å². The Balaban J connectivity index is 3.62. The molecule has 1 rings (SSSR count). The van der Waals surface area contributed by atoms with Crippen LogP contribution in [0.2, 0.25) is 0 Å². The fourth-order valence-corrected chi connectivity index (χ4v) is 4.26. The Labute approximate surface area is 221 Å². The SMILES string of the molecule is CCCC(C)NC(=O)C(c1cc(C)cc(C)c1)N(C(=O)C(CC(N)=O)NC(=O)OC(C)(C)C)C(C)CC. The minimum atomic E-state index is -1.30. The van der Waals surface area contributed by atoms with Crippen LogP contribution in [0, 0.1) is 13.8 Å². The van der Waals surface area contributed by atoms with Crippen LogP contribution >= 0.6 is 0 Å². The molecule has 4 unspecified atom stereocenters. The zero-order valence-electron chi connectivity index (χ0n) is 23.9. The third-order valence-electron chi connectivity index (χ3n) is 5.91. The molecule has 0 heterocycles. The van der Waals surface area contributed by atoms with E-state index in [-0.39, 0.29) is 18.0 Å². The van der Waals surface area contributed by atoms with Crippen LogP contribution in [-0.2, 0) is 19.1 Å². The van der Waals surface area contributed by atoms with Crippen molar-refractivity contribution in [2.24, 2.45) is 5.73 Å². The van der Waals surface area contributed by atoms with Crippen LogP contribution in [0.15, 0.2) is 18.2 Å². The number of rotatable bonds is 12. The number of hydrogen-bond acceptors (Lipinski definition) is 5. The second-order valence-electron chi connectivity index (χ2n) is 10.9. The molecular weight excluding hydrogens is 472 g/mol. The molecule has 0 radical (unpaired) electrons. The smallest absolute Gasteiger partial charge is 0.408 e. The number of nitrogens with two attached hydrogens (primary N) is 1. The number of nitrogens with zero attached hydrogens (tertiary/aromatic N) is 1. The van der Waals surface area contributed by atoms with Gasteiger partial charge in [-0.05, 0) is 66.9 Å². The molecule has 0 aliphatic heterocycles. The summed E-state index contributed by atoms with van der Waals surface area (Å²) in [6, 6.07) is 3.01. The fourth-order valence-electron chi connectivity index (χ4n) is 4.26. The maximum atomic E-state index is 14.0. The first kappa shape index (κ1) is 31.9. The molecule has 37 heavy (non-hydrogen) atoms. The van der Waals surface area contributed by atoms with Gasteiger partial charge in [0.25, 0.3) is 0 Å². The molecule has 0 spiro atoms. The summed E-state index contributed by atoms with van der Waals surface area (Å²) in [5.41, 5.74) is 7.20. The normalized spacial score (nSPS) is 14.6. The maximum absolute atomic E-state index is 14.0. The summed E-state index contributed by atoms with van der Waals surface area (Å²) < 4.78 is 5.32. The van der Waals surface area contributed by atoms with Crippen molar-refractivity contribution in [2.75, 3.05) is 0 Å². The summed E-state index contributed by atoms with van der Waals surface area (Å²) in [5, 5.41) is 5.56. The van der Waals surface area contributed by atoms with Crippen LogP contribution in [0.4, 0.5) is 4.79 Å². The van der Waals surface area contributed by atoms with E-state index in [1.807, 2.05) is 59.7 Å². The highest BCUT2D eigenvalue weighted by Gasteiger charge is 2.39. The number of benzene rings is 1. The molecule has 4 N–H and O–H groups in total. The maximum Gasteiger partial charge on any atom is 0.408 e. The van der Waals surface area contributed by atoms with Crippen LogP contribution in [0.25, 0.3) is 0 Å². The highest BCUT2D eigenvalue weighted by Crippen LogP contribution is 2.28. The molecule has 4 amide bonds. The average molecular weight is 519 g/mol. The van der Waals surface area contributed by atoms with Crippen molar-refractivity contribution >= 4 is 23.8 Å². The molecule has 1 aromatic carbocycles. The van der Waals surface area contributed by atoms with Crippen LogP contribution in [0.5, 0.6) is 0 Å². The summed E-state index contributed by atoms with van der Waals surface area (Å²) in [7, 11) is 0. The van der Waals surface area contributed by atoms with Gasteiger partial charge in [0.1, 0.15) is 17.7 Å². The molecule has 1 aromatic rings. The molecular formula is C28H46N4O5. The van der Waals surface area contributed by atoms with E-state index in [0.717, 1.165) is 24.0 Å². The number of hydrogen-bond donors (Lipinski definition) is 3. The topological polar surface area (TPSA) is 131 Å². The monoisotopic (exact) mass is 518 g/mol. The van der Waals surface area contributed by atoms with Crippen molar-refractivity contribution in [3.63, 3.8) is 0 Å². The van der Waals surface area contributed by atoms with Gasteiger partial charge in [0, 0.05) is 12.1 Å². The average Bonchev–Trinajstić information content (AvgIpc) is 2.73. The van der Waals surface area contributed by atoms with Crippen molar-refractivity contribution in [3.8, 4) is 0 Å². The molecule has 9 heteroatoms. The largest absolute Gasteiger partial charge is 0.444 e. The van der Waals surface area contributed by atoms with E-state index < -0.39 is 42.0 Å². The summed E-state index contributed by atoms with van der Waals surface area (Å²) in [5.74, 6) is -1.67. The molecule has 9 nitrogen and oxygen atoms in total. The van der Waals surface area contributed by atoms with Crippen molar-refractivity contribution < 1.29 is 23.9 Å². The third-order valence-corrected chi connectivity index (χ3v) is 5.91. The standard InChI is InChI=1S/C28H46N4O5/c1-10-12-19(5)30-25(34)24(21-14-17(3)13-18(4)15-21)32(20(6)11-2)26(35)22(16-23(29)33)31-27(36)37-28(7,8)9/h13-15,19-20,22,24H,10-12,16H2,1-9H3,(H2,29,33)(H,30,34)(H,31,36). The number of alkyl carbamates (subject to hydrolysis) is 1. The summed E-state index contributed by atoms with van der Waals surface area (Å²) in [6.45, 7) is 16.7. The van der Waals surface area contributed by atoms with Gasteiger partial charge >= 0.3 is 6.09 Å². The Bertz CT molecular complexity index is 936. The Morgan fingerprint density at radius 3 is 2.03 bits per heavy atom. The van der Waals surface area contributed by atoms with Gasteiger partial charge in [0.15, 0.2) is 0 Å². The van der Waals surface area contributed by atoms with Gasteiger partial charge in [-0.25, -0.2) is 4.79 Å². The summed E-state index contributed by atoms with van der Waals surface area (Å²) in [4.78, 5) is 53.7. The third kappa shape index (κ3) is 10.4. The van der Waals surface area contributed by atoms with E-state index in [2.05, 4.69) is 10.6 Å². The number of nitrogens with one attached hydrogen (secondary N) is 2. The number of amides is 4. The quantitative estimate of drug-likeness (QED) is 0.384. The van der Waals surface area contributed by atoms with Gasteiger partial charge in [0.2, 0.25) is 17.7 Å². The Morgan fingerprint density at radius 1 is 1.00 bits per heavy atom. The van der Waals surface area contributed by atoms with Gasteiger partial charge in [-0.15, -0.1) is 0 Å². The minimum absolute atomic E-state index is 0.0962. The van der Waals surface area contributed by atoms with Gasteiger partial charge in [-0.1, -0.05) is 49.6 Å². The van der Waals surface area contributed by atoms with E-state index in [9.17, 15) is 19.2 Å². The first-order chi connectivity index (χ1) is 17.1. The zero-order valence-corrected chi connectivity index (χ0v) is 23.9. The first-order valence-corrected chi connectivity index (χ1v) is 13.1. The Kier molecular flexibility index (Phi) is 12.1. The number of carbonyl (C=O) groups is 4. The van der Waals surface area contributed by atoms with E-state index >= 15 is 0 Å². The second kappa shape index (κ2) is 14.0. The van der Waals surface area contributed by atoms with Crippen molar-refractivity contribution in [3.05, 3.63) is 34.9 Å². The summed E-state index contributed by atoms with van der Waals surface area (Å²) in [6.07, 6.45) is 0.941. The highest BCUT2D eigenvalue weighted by atomic mass is 16.6. The number of carbonyl (C=O) groups excluding carboxylic acids is 4. The first-order valence-electron chi connectivity index (χ1n) is 13.1. The minimum Gasteiger partial charge on any atom is -0.444 e. The Morgan fingerprint density at radius 2 is 1.57 bits per heavy atom. The van der Waals surface area contributed by atoms with Crippen molar-refractivity contribution in [2.45, 2.75) is 118 Å². The predicted molar refractivity (Wildman–Crippen MR) is 145 cm³/mol. The Hall–Kier alpha value is -3.10. The lowest BCUT2D eigenvalue weighted by molar-refractivity contribution is -0.146. The molecule has 208 valence electrons. The van der Waals surface area contributed by atoms with E-state index in [1.54, 1.807) is 20.8 Å². The molecule has 0 bridgehead atoms. The van der Waals surface area contributed by atoms with Crippen LogP contribution < -0.4 is 16.4 Å². The number of ether oxygens (including phenoxy) is 1. The molecule has 0 aliphatic carbocycles. The predicted octanol–water partition coefficient (Wildman–Crippen LogP) is 4.05. The lowest BCUT2D eigenvalue weighted by atomic mass is 9.96. The number of primary amides is 1. The number of aryl methyl sites for hydroxylation is 2. The van der Waals surface area contributed by atoms with Crippen LogP contribution in [0.1, 0.15) is 96.9 Å². The van der Waals surface area contributed by atoms with Gasteiger partial charge in [-0.3, -0.25) is 14.4 Å². The van der Waals surface area contributed by atoms with Crippen LogP contribution in [-0.4, -0.2) is 52.4 Å². The highest BCUT2D eigenvalue weighted by molar-refractivity contribution is 5.94. The lowest BCUT2D eigenvalue weighted by Crippen LogP contribution is -2.56. The zero-order chi connectivity index (χ0) is 28.5. The fraction of sp³-hybridized carbons (Fsp3) is 0.643.